The number of pyridine rings is 2. The standard InChI is InChI=1S/C44H48Cl2N6O6S/c1-44(2)13-9-32(38(24-44)30-3-5-33(45)6-4-30)27-51-15-17-52(18-16-51)34-7-8-37(40(22-34)58-35-21-31-10-14-47-41(31)48-25-35)42(53)50-59(54,55)36-23-39(46)43(49-26-36)57-28-29-11-19-56-20-12-29/h3-8,10,14,21-23,25-26,29H,9,11-13,15-20,24,27-28H2,1-2H3,(H,47,48)(H,50,53). The number of fused-ring (bicyclic) bond motifs is 1. The van der Waals surface area contributed by atoms with E-state index in [9.17, 15) is 13.2 Å². The third-order valence-corrected chi connectivity index (χ3v) is 13.3. The number of hydrogen-bond donors (Lipinski definition) is 2. The Balaban J connectivity index is 0.986. The summed E-state index contributed by atoms with van der Waals surface area (Å²) in [6, 6.07) is 18.3. The summed E-state index contributed by atoms with van der Waals surface area (Å²) in [5.41, 5.74) is 5.97. The fraction of sp³-hybridized carbons (Fsp3) is 0.386. The minimum absolute atomic E-state index is 0.0231. The van der Waals surface area contributed by atoms with E-state index in [-0.39, 0.29) is 32.5 Å². The number of rotatable bonds is 12. The van der Waals surface area contributed by atoms with Gasteiger partial charge in [0.25, 0.3) is 15.9 Å². The first-order valence-electron chi connectivity index (χ1n) is 20.0. The molecule has 2 fully saturated rings. The summed E-state index contributed by atoms with van der Waals surface area (Å²) < 4.78 is 46.8. The van der Waals surface area contributed by atoms with Crippen molar-refractivity contribution in [3.05, 3.63) is 106 Å². The molecule has 15 heteroatoms. The third-order valence-electron chi connectivity index (χ3n) is 11.5. The number of aromatic amines is 1. The van der Waals surface area contributed by atoms with Gasteiger partial charge in [-0.25, -0.2) is 23.1 Å². The van der Waals surface area contributed by atoms with E-state index >= 15 is 0 Å². The number of carbonyl (C=O) groups is 1. The van der Waals surface area contributed by atoms with Gasteiger partial charge in [0.15, 0.2) is 0 Å². The maximum absolute atomic E-state index is 13.8. The molecule has 5 heterocycles. The first-order chi connectivity index (χ1) is 28.4. The van der Waals surface area contributed by atoms with Crippen LogP contribution in [0.15, 0.2) is 89.7 Å². The topological polar surface area (TPSA) is 139 Å². The van der Waals surface area contributed by atoms with Gasteiger partial charge >= 0.3 is 0 Å². The summed E-state index contributed by atoms with van der Waals surface area (Å²) in [5, 5.41) is 1.59. The van der Waals surface area contributed by atoms with Crippen molar-refractivity contribution in [2.24, 2.45) is 11.3 Å². The van der Waals surface area contributed by atoms with Gasteiger partial charge in [0.05, 0.1) is 24.6 Å². The number of benzene rings is 2. The number of nitrogens with one attached hydrogen (secondary N) is 2. The van der Waals surface area contributed by atoms with Crippen molar-refractivity contribution in [2.45, 2.75) is 50.8 Å². The molecule has 0 unspecified atom stereocenters. The number of piperazine rings is 1. The zero-order chi connectivity index (χ0) is 41.1. The average molecular weight is 860 g/mol. The predicted molar refractivity (Wildman–Crippen MR) is 230 cm³/mol. The van der Waals surface area contributed by atoms with Crippen LogP contribution in [0.4, 0.5) is 5.69 Å². The first kappa shape index (κ1) is 41.1. The van der Waals surface area contributed by atoms with Gasteiger partial charge in [0.2, 0.25) is 5.88 Å². The van der Waals surface area contributed by atoms with Crippen LogP contribution in [-0.2, 0) is 14.8 Å². The van der Waals surface area contributed by atoms with Crippen LogP contribution in [0.3, 0.4) is 0 Å². The summed E-state index contributed by atoms with van der Waals surface area (Å²) in [4.78, 5) is 30.0. The molecule has 2 aromatic carbocycles. The summed E-state index contributed by atoms with van der Waals surface area (Å²) in [6.07, 6.45) is 9.44. The second-order valence-corrected chi connectivity index (χ2v) is 18.8. The predicted octanol–water partition coefficient (Wildman–Crippen LogP) is 8.77. The largest absolute Gasteiger partial charge is 0.476 e. The Morgan fingerprint density at radius 3 is 2.53 bits per heavy atom. The molecule has 8 rings (SSSR count). The lowest BCUT2D eigenvalue weighted by Gasteiger charge is -2.39. The number of ether oxygens (including phenoxy) is 3. The molecule has 0 radical (unpaired) electrons. The highest BCUT2D eigenvalue weighted by Crippen LogP contribution is 2.43. The van der Waals surface area contributed by atoms with Crippen molar-refractivity contribution < 1.29 is 27.4 Å². The summed E-state index contributed by atoms with van der Waals surface area (Å²) in [7, 11) is -4.39. The molecule has 3 aliphatic rings. The van der Waals surface area contributed by atoms with Crippen LogP contribution >= 0.6 is 23.2 Å². The molecule has 12 nitrogen and oxygen atoms in total. The number of H-pyrrole nitrogens is 1. The van der Waals surface area contributed by atoms with Crippen molar-refractivity contribution in [3.63, 3.8) is 0 Å². The quantitative estimate of drug-likeness (QED) is 0.125. The van der Waals surface area contributed by atoms with Gasteiger partial charge in [-0.3, -0.25) is 9.69 Å². The Labute approximate surface area is 354 Å². The van der Waals surface area contributed by atoms with E-state index in [0.29, 0.717) is 37.1 Å². The maximum Gasteiger partial charge on any atom is 0.268 e. The lowest BCUT2D eigenvalue weighted by Crippen LogP contribution is -2.47. The molecule has 1 aliphatic carbocycles. The maximum atomic E-state index is 13.8. The van der Waals surface area contributed by atoms with Crippen LogP contribution < -0.4 is 19.1 Å². The number of halogens is 2. The molecule has 0 bridgehead atoms. The van der Waals surface area contributed by atoms with E-state index in [4.69, 9.17) is 37.4 Å². The number of anilines is 1. The SMILES string of the molecule is CC1(C)CCC(CN2CCN(c3ccc(C(=O)NS(=O)(=O)c4cnc(OCC5CCOCC5)c(Cl)c4)c(Oc4cnc5[nH]ccc5c4)c3)CC2)=C(c2ccc(Cl)cc2)C1. The number of sulfonamides is 1. The van der Waals surface area contributed by atoms with Crippen LogP contribution in [-0.4, -0.2) is 86.7 Å². The molecule has 310 valence electrons. The molecular formula is C44H48Cl2N6O6S. The van der Waals surface area contributed by atoms with Crippen LogP contribution in [0.25, 0.3) is 16.6 Å². The van der Waals surface area contributed by atoms with Gasteiger partial charge in [-0.1, -0.05) is 54.8 Å². The van der Waals surface area contributed by atoms with Gasteiger partial charge in [0.1, 0.15) is 27.1 Å². The fourth-order valence-electron chi connectivity index (χ4n) is 7.99. The van der Waals surface area contributed by atoms with Crippen molar-refractivity contribution in [1.82, 2.24) is 24.6 Å². The van der Waals surface area contributed by atoms with Gasteiger partial charge in [-0.15, -0.1) is 0 Å². The molecule has 2 saturated heterocycles. The zero-order valence-corrected chi connectivity index (χ0v) is 35.5. The number of carbonyl (C=O) groups excluding carboxylic acids is 1. The normalized spacial score (nSPS) is 17.9. The molecule has 5 aromatic rings. The Morgan fingerprint density at radius 1 is 0.983 bits per heavy atom. The highest BCUT2D eigenvalue weighted by Gasteiger charge is 2.30. The monoisotopic (exact) mass is 858 g/mol. The fourth-order valence-corrected chi connectivity index (χ4v) is 9.33. The first-order valence-corrected chi connectivity index (χ1v) is 22.3. The lowest BCUT2D eigenvalue weighted by molar-refractivity contribution is 0.0490. The summed E-state index contributed by atoms with van der Waals surface area (Å²) in [6.45, 7) is 10.5. The Morgan fingerprint density at radius 2 is 1.76 bits per heavy atom. The van der Waals surface area contributed by atoms with E-state index < -0.39 is 15.9 Å². The molecule has 59 heavy (non-hydrogen) atoms. The number of allylic oxidation sites excluding steroid dienone is 1. The van der Waals surface area contributed by atoms with Gasteiger partial charge in [-0.05, 0) is 97.0 Å². The molecule has 2 aliphatic heterocycles. The summed E-state index contributed by atoms with van der Waals surface area (Å²) in [5.74, 6) is 0.128. The second-order valence-electron chi connectivity index (χ2n) is 16.3. The molecule has 0 spiro atoms. The number of nitrogens with zero attached hydrogens (tertiary/aromatic N) is 4. The second kappa shape index (κ2) is 17.5. The average Bonchev–Trinajstić information content (AvgIpc) is 3.70. The molecule has 0 atom stereocenters. The van der Waals surface area contributed by atoms with Crippen molar-refractivity contribution in [3.8, 4) is 17.4 Å². The van der Waals surface area contributed by atoms with E-state index in [1.165, 1.54) is 22.8 Å². The van der Waals surface area contributed by atoms with Gasteiger partial charge in [0, 0.05) is 74.3 Å². The lowest BCUT2D eigenvalue weighted by atomic mass is 9.72. The number of hydrogen-bond acceptors (Lipinski definition) is 10. The molecule has 0 saturated carbocycles. The molecule has 3 aromatic heterocycles. The van der Waals surface area contributed by atoms with Crippen LogP contribution in [0.1, 0.15) is 61.9 Å². The smallest absolute Gasteiger partial charge is 0.268 e. The third kappa shape index (κ3) is 9.87. The van der Waals surface area contributed by atoms with E-state index in [1.807, 2.05) is 24.3 Å². The minimum Gasteiger partial charge on any atom is -0.476 e. The molecular weight excluding hydrogens is 811 g/mol. The Kier molecular flexibility index (Phi) is 12.2. The van der Waals surface area contributed by atoms with Crippen molar-refractivity contribution >= 4 is 61.4 Å². The van der Waals surface area contributed by atoms with Crippen LogP contribution in [0, 0.1) is 11.3 Å². The van der Waals surface area contributed by atoms with Gasteiger partial charge < -0.3 is 24.1 Å². The number of amides is 1. The highest BCUT2D eigenvalue weighted by molar-refractivity contribution is 7.90. The molecule has 2 N–H and O–H groups in total. The van der Waals surface area contributed by atoms with Crippen LogP contribution in [0.5, 0.6) is 17.4 Å². The van der Waals surface area contributed by atoms with Gasteiger partial charge in [-0.2, -0.15) is 0 Å². The Bertz CT molecular complexity index is 2460. The highest BCUT2D eigenvalue weighted by atomic mass is 35.5. The van der Waals surface area contributed by atoms with Crippen molar-refractivity contribution in [2.75, 3.05) is 57.4 Å². The van der Waals surface area contributed by atoms with E-state index in [0.717, 1.165) is 87.1 Å². The molecule has 1 amide bonds. The summed E-state index contributed by atoms with van der Waals surface area (Å²) >= 11 is 12.7. The Hall–Kier alpha value is -4.66. The van der Waals surface area contributed by atoms with E-state index in [1.54, 1.807) is 30.6 Å². The van der Waals surface area contributed by atoms with E-state index in [2.05, 4.69) is 55.5 Å². The minimum atomic E-state index is -4.39. The van der Waals surface area contributed by atoms with Crippen molar-refractivity contribution in [1.29, 1.82) is 0 Å². The van der Waals surface area contributed by atoms with Crippen LogP contribution in [0.2, 0.25) is 10.0 Å². The zero-order valence-electron chi connectivity index (χ0n) is 33.2. The number of aromatic nitrogens is 3.